The van der Waals surface area contributed by atoms with Gasteiger partial charge in [0, 0.05) is 11.6 Å². The Kier molecular flexibility index (Phi) is 7.19. The zero-order valence-electron chi connectivity index (χ0n) is 19.0. The lowest BCUT2D eigenvalue weighted by atomic mass is 9.94. The van der Waals surface area contributed by atoms with Crippen molar-refractivity contribution >= 4 is 46.3 Å². The van der Waals surface area contributed by atoms with Crippen molar-refractivity contribution in [3.63, 3.8) is 0 Å². The third kappa shape index (κ3) is 4.50. The van der Waals surface area contributed by atoms with Gasteiger partial charge in [-0.05, 0) is 55.0 Å². The SMILES string of the molecule is CCOc1cc(C2/C(=C(\O)c3ccc(Cl)c(Cl)c3)C(=O)C(=O)N2c2ccc(F)cc2F)ccc1OC. The number of carbonyl (C=O) groups is 2. The second-order valence-corrected chi connectivity index (χ2v) is 8.55. The Labute approximate surface area is 215 Å². The number of ether oxygens (including phenoxy) is 2. The minimum absolute atomic E-state index is 0.110. The summed E-state index contributed by atoms with van der Waals surface area (Å²) in [5.41, 5.74) is -0.241. The van der Waals surface area contributed by atoms with Crippen molar-refractivity contribution in [2.45, 2.75) is 13.0 Å². The Bertz CT molecular complexity index is 1410. The maximum atomic E-state index is 14.9. The average Bonchev–Trinajstić information content (AvgIpc) is 3.11. The van der Waals surface area contributed by atoms with Crippen LogP contribution in [0.4, 0.5) is 14.5 Å². The fourth-order valence-corrected chi connectivity index (χ4v) is 4.30. The smallest absolute Gasteiger partial charge is 0.300 e. The topological polar surface area (TPSA) is 76.1 Å². The van der Waals surface area contributed by atoms with Crippen molar-refractivity contribution in [3.8, 4) is 11.5 Å². The van der Waals surface area contributed by atoms with Crippen LogP contribution in [-0.2, 0) is 9.59 Å². The summed E-state index contributed by atoms with van der Waals surface area (Å²) in [5, 5.41) is 11.5. The van der Waals surface area contributed by atoms with E-state index in [9.17, 15) is 23.5 Å². The summed E-state index contributed by atoms with van der Waals surface area (Å²) in [6, 6.07) is 10.1. The molecule has 0 saturated carbocycles. The van der Waals surface area contributed by atoms with Crippen molar-refractivity contribution < 1.29 is 33.0 Å². The average molecular weight is 534 g/mol. The van der Waals surface area contributed by atoms with E-state index in [4.69, 9.17) is 32.7 Å². The van der Waals surface area contributed by atoms with E-state index in [0.717, 1.165) is 17.0 Å². The van der Waals surface area contributed by atoms with E-state index in [-0.39, 0.29) is 33.5 Å². The number of rotatable bonds is 6. The first-order valence-corrected chi connectivity index (χ1v) is 11.5. The standard InChI is InChI=1S/C26H19Cl2F2NO5/c1-3-36-21-11-13(5-9-20(21)35-2)23-22(24(32)14-4-7-16(27)17(28)10-14)25(33)26(34)31(23)19-8-6-15(29)12-18(19)30/h4-12,23,32H,3H2,1-2H3/b24-22+. The number of nitrogens with zero attached hydrogens (tertiary/aromatic N) is 1. The Morgan fingerprint density at radius 1 is 1.00 bits per heavy atom. The lowest BCUT2D eigenvalue weighted by Gasteiger charge is -2.26. The van der Waals surface area contributed by atoms with E-state index in [0.29, 0.717) is 23.1 Å². The zero-order chi connectivity index (χ0) is 26.1. The van der Waals surface area contributed by atoms with Gasteiger partial charge < -0.3 is 14.6 Å². The second kappa shape index (κ2) is 10.2. The first kappa shape index (κ1) is 25.5. The lowest BCUT2D eigenvalue weighted by molar-refractivity contribution is -0.132. The molecule has 0 bridgehead atoms. The number of carbonyl (C=O) groups excluding carboxylic acids is 2. The number of hydrogen-bond donors (Lipinski definition) is 1. The molecule has 1 aliphatic heterocycles. The minimum Gasteiger partial charge on any atom is -0.507 e. The molecular formula is C26H19Cl2F2NO5. The van der Waals surface area contributed by atoms with Gasteiger partial charge in [-0.15, -0.1) is 0 Å². The Morgan fingerprint density at radius 3 is 2.39 bits per heavy atom. The first-order valence-electron chi connectivity index (χ1n) is 10.7. The van der Waals surface area contributed by atoms with E-state index in [1.807, 2.05) is 0 Å². The van der Waals surface area contributed by atoms with Crippen LogP contribution in [0, 0.1) is 11.6 Å². The number of aliphatic hydroxyl groups is 1. The number of amides is 1. The summed E-state index contributed by atoms with van der Waals surface area (Å²) < 4.78 is 39.4. The molecule has 1 aliphatic rings. The number of anilines is 1. The number of ketones is 1. The molecule has 1 heterocycles. The van der Waals surface area contributed by atoms with E-state index in [2.05, 4.69) is 0 Å². The number of benzene rings is 3. The van der Waals surface area contributed by atoms with Gasteiger partial charge in [0.15, 0.2) is 11.5 Å². The van der Waals surface area contributed by atoms with Crippen LogP contribution >= 0.6 is 23.2 Å². The van der Waals surface area contributed by atoms with Gasteiger partial charge in [0.05, 0.1) is 41.1 Å². The van der Waals surface area contributed by atoms with Crippen molar-refractivity contribution in [3.05, 3.63) is 93.0 Å². The van der Waals surface area contributed by atoms with Gasteiger partial charge in [0.2, 0.25) is 0 Å². The molecule has 0 spiro atoms. The van der Waals surface area contributed by atoms with Crippen molar-refractivity contribution in [1.29, 1.82) is 0 Å². The number of methoxy groups -OCH3 is 1. The maximum absolute atomic E-state index is 14.9. The quantitative estimate of drug-likeness (QED) is 0.228. The van der Waals surface area contributed by atoms with Gasteiger partial charge >= 0.3 is 0 Å². The van der Waals surface area contributed by atoms with Crippen molar-refractivity contribution in [2.24, 2.45) is 0 Å². The molecular weight excluding hydrogens is 515 g/mol. The molecule has 1 atom stereocenters. The molecule has 10 heteroatoms. The highest BCUT2D eigenvalue weighted by molar-refractivity contribution is 6.51. The van der Waals surface area contributed by atoms with Crippen LogP contribution in [0.25, 0.3) is 5.76 Å². The Hall–Kier alpha value is -3.62. The maximum Gasteiger partial charge on any atom is 0.300 e. The molecule has 6 nitrogen and oxygen atoms in total. The van der Waals surface area contributed by atoms with Gasteiger partial charge in [-0.25, -0.2) is 8.78 Å². The molecule has 36 heavy (non-hydrogen) atoms. The summed E-state index contributed by atoms with van der Waals surface area (Å²) in [4.78, 5) is 27.3. The highest BCUT2D eigenvalue weighted by Gasteiger charge is 2.48. The molecule has 186 valence electrons. The third-order valence-electron chi connectivity index (χ3n) is 5.61. The first-order chi connectivity index (χ1) is 17.2. The van der Waals surface area contributed by atoms with E-state index in [1.54, 1.807) is 19.1 Å². The molecule has 4 rings (SSSR count). The molecule has 3 aromatic rings. The fourth-order valence-electron chi connectivity index (χ4n) is 4.00. The predicted molar refractivity (Wildman–Crippen MR) is 132 cm³/mol. The molecule has 0 aromatic heterocycles. The van der Waals surface area contributed by atoms with E-state index >= 15 is 0 Å². The molecule has 1 unspecified atom stereocenters. The number of halogens is 4. The fraction of sp³-hybridized carbons (Fsp3) is 0.154. The highest BCUT2D eigenvalue weighted by atomic mass is 35.5. The summed E-state index contributed by atoms with van der Waals surface area (Å²) in [6.07, 6.45) is 0. The van der Waals surface area contributed by atoms with Gasteiger partial charge in [0.25, 0.3) is 11.7 Å². The third-order valence-corrected chi connectivity index (χ3v) is 6.35. The summed E-state index contributed by atoms with van der Waals surface area (Å²) in [5.74, 6) is -3.96. The van der Waals surface area contributed by atoms with E-state index < -0.39 is 35.1 Å². The second-order valence-electron chi connectivity index (χ2n) is 7.74. The van der Waals surface area contributed by atoms with E-state index in [1.165, 1.54) is 31.4 Å². The van der Waals surface area contributed by atoms with Crippen LogP contribution in [0.15, 0.2) is 60.2 Å². The van der Waals surface area contributed by atoms with Crippen LogP contribution in [-0.4, -0.2) is 30.5 Å². The Morgan fingerprint density at radius 2 is 1.75 bits per heavy atom. The van der Waals surface area contributed by atoms with Crippen molar-refractivity contribution in [1.82, 2.24) is 0 Å². The molecule has 1 saturated heterocycles. The monoisotopic (exact) mass is 533 g/mol. The van der Waals surface area contributed by atoms with Gasteiger partial charge in [-0.1, -0.05) is 29.3 Å². The van der Waals surface area contributed by atoms with Gasteiger partial charge in [-0.2, -0.15) is 0 Å². The summed E-state index contributed by atoms with van der Waals surface area (Å²) in [6.45, 7) is 2.05. The van der Waals surface area contributed by atoms with Crippen LogP contribution in [0.3, 0.4) is 0 Å². The van der Waals surface area contributed by atoms with Crippen molar-refractivity contribution in [2.75, 3.05) is 18.6 Å². The largest absolute Gasteiger partial charge is 0.507 e. The minimum atomic E-state index is -1.29. The number of Topliss-reactive ketones (excluding diaryl/α,β-unsaturated/α-hetero) is 1. The number of hydrogen-bond acceptors (Lipinski definition) is 5. The van der Waals surface area contributed by atoms with Gasteiger partial charge in [0.1, 0.15) is 17.4 Å². The zero-order valence-corrected chi connectivity index (χ0v) is 20.5. The highest BCUT2D eigenvalue weighted by Crippen LogP contribution is 2.45. The summed E-state index contributed by atoms with van der Waals surface area (Å²) in [7, 11) is 1.45. The molecule has 1 amide bonds. The molecule has 3 aromatic carbocycles. The number of aliphatic hydroxyl groups excluding tert-OH is 1. The summed E-state index contributed by atoms with van der Waals surface area (Å²) >= 11 is 12.1. The van der Waals surface area contributed by atoms with Crippen LogP contribution in [0.1, 0.15) is 24.1 Å². The van der Waals surface area contributed by atoms with Crippen LogP contribution in [0.2, 0.25) is 10.0 Å². The van der Waals surface area contributed by atoms with Gasteiger partial charge in [-0.3, -0.25) is 14.5 Å². The van der Waals surface area contributed by atoms with Crippen LogP contribution in [0.5, 0.6) is 11.5 Å². The molecule has 0 aliphatic carbocycles. The lowest BCUT2D eigenvalue weighted by Crippen LogP contribution is -2.30. The molecule has 1 fully saturated rings. The Balaban J connectivity index is 1.99. The molecule has 0 radical (unpaired) electrons. The molecule has 1 N–H and O–H groups in total. The predicted octanol–water partition coefficient (Wildman–Crippen LogP) is 6.31. The van der Waals surface area contributed by atoms with Crippen LogP contribution < -0.4 is 14.4 Å². The normalized spacial score (nSPS) is 16.9.